The Morgan fingerprint density at radius 2 is 2.43 bits per heavy atom. The molecule has 72 valence electrons. The Kier molecular flexibility index (Phi) is 2.08. The molecule has 2 N–H and O–H groups in total. The predicted octanol–water partition coefficient (Wildman–Crippen LogP) is 1.33. The van der Waals surface area contributed by atoms with E-state index in [0.717, 1.165) is 16.9 Å². The van der Waals surface area contributed by atoms with Gasteiger partial charge in [-0.15, -0.1) is 0 Å². The number of primary amides is 1. The smallest absolute Gasteiger partial charge is 0.221 e. The zero-order valence-corrected chi connectivity index (χ0v) is 8.03. The fourth-order valence-corrected chi connectivity index (χ4v) is 1.74. The second-order valence-electron chi connectivity index (χ2n) is 3.57. The van der Waals surface area contributed by atoms with Gasteiger partial charge in [-0.1, -0.05) is 25.2 Å². The number of allylic oxidation sites excluding steroid dienone is 4. The molecule has 1 amide bonds. The van der Waals surface area contributed by atoms with E-state index >= 15 is 0 Å². The van der Waals surface area contributed by atoms with Crippen LogP contribution >= 0.6 is 0 Å². The maximum absolute atomic E-state index is 10.8. The molecule has 0 aromatic carbocycles. The normalized spacial score (nSPS) is 23.8. The quantitative estimate of drug-likeness (QED) is 0.698. The average molecular weight is 188 g/mol. The van der Waals surface area contributed by atoms with Crippen molar-refractivity contribution in [2.45, 2.75) is 13.3 Å². The summed E-state index contributed by atoms with van der Waals surface area (Å²) in [6.07, 6.45) is 8.10. The van der Waals surface area contributed by atoms with Crippen LogP contribution in [0, 0.1) is 5.92 Å². The number of carbonyl (C=O) groups excluding carboxylic acids is 1. The molecule has 1 atom stereocenters. The van der Waals surface area contributed by atoms with Crippen LogP contribution in [-0.2, 0) is 4.79 Å². The van der Waals surface area contributed by atoms with Gasteiger partial charge in [-0.25, -0.2) is 0 Å². The number of rotatable bonds is 2. The molecule has 0 radical (unpaired) electrons. The topological polar surface area (TPSA) is 55.5 Å². The molecule has 0 fully saturated rings. The molecular weight excluding hydrogens is 176 g/mol. The van der Waals surface area contributed by atoms with Crippen LogP contribution in [0.15, 0.2) is 40.6 Å². The molecule has 3 nitrogen and oxygen atoms in total. The van der Waals surface area contributed by atoms with Crippen molar-refractivity contribution in [2.75, 3.05) is 0 Å². The summed E-state index contributed by atoms with van der Waals surface area (Å²) >= 11 is 0. The first-order chi connectivity index (χ1) is 6.68. The van der Waals surface area contributed by atoms with Gasteiger partial charge < -0.3 is 5.73 Å². The van der Waals surface area contributed by atoms with Gasteiger partial charge in [0.2, 0.25) is 5.91 Å². The summed E-state index contributed by atoms with van der Waals surface area (Å²) in [5.41, 5.74) is 8.20. The number of nitrogens with two attached hydrogens (primary N) is 1. The summed E-state index contributed by atoms with van der Waals surface area (Å²) < 4.78 is 0. The lowest BCUT2D eigenvalue weighted by Crippen LogP contribution is -2.16. The van der Waals surface area contributed by atoms with Crippen LogP contribution < -0.4 is 5.73 Å². The van der Waals surface area contributed by atoms with Crippen molar-refractivity contribution in [3.8, 4) is 0 Å². The van der Waals surface area contributed by atoms with E-state index < -0.39 is 0 Å². The lowest BCUT2D eigenvalue weighted by atomic mass is 9.89. The minimum absolute atomic E-state index is 0.277. The summed E-state index contributed by atoms with van der Waals surface area (Å²) in [7, 11) is 0. The van der Waals surface area contributed by atoms with E-state index in [9.17, 15) is 4.79 Å². The van der Waals surface area contributed by atoms with Crippen LogP contribution in [0.1, 0.15) is 13.3 Å². The molecule has 0 spiro atoms. The summed E-state index contributed by atoms with van der Waals surface area (Å²) in [5, 5.41) is 0. The number of fused-ring (bicyclic) bond motifs is 1. The van der Waals surface area contributed by atoms with Crippen molar-refractivity contribution in [3.63, 3.8) is 0 Å². The maximum atomic E-state index is 10.8. The zero-order chi connectivity index (χ0) is 10.1. The Hall–Kier alpha value is -1.64. The van der Waals surface area contributed by atoms with Gasteiger partial charge in [0, 0.05) is 17.7 Å². The minimum atomic E-state index is -0.309. The number of carbonyl (C=O) groups is 1. The van der Waals surface area contributed by atoms with Crippen molar-refractivity contribution < 1.29 is 4.79 Å². The molecule has 1 heterocycles. The molecule has 1 aliphatic carbocycles. The first-order valence-corrected chi connectivity index (χ1v) is 4.63. The van der Waals surface area contributed by atoms with E-state index in [4.69, 9.17) is 5.73 Å². The maximum Gasteiger partial charge on any atom is 0.221 e. The summed E-state index contributed by atoms with van der Waals surface area (Å²) in [5.74, 6) is 0.0208. The average Bonchev–Trinajstić information content (AvgIpc) is 2.49. The van der Waals surface area contributed by atoms with Gasteiger partial charge in [-0.05, 0) is 5.57 Å². The van der Waals surface area contributed by atoms with E-state index in [0.29, 0.717) is 5.92 Å². The minimum Gasteiger partial charge on any atom is -0.369 e. The molecule has 0 aromatic heterocycles. The molecule has 2 aliphatic rings. The van der Waals surface area contributed by atoms with Crippen molar-refractivity contribution in [2.24, 2.45) is 16.6 Å². The van der Waals surface area contributed by atoms with Crippen LogP contribution in [0.25, 0.3) is 0 Å². The van der Waals surface area contributed by atoms with Crippen LogP contribution in [-0.4, -0.2) is 11.6 Å². The van der Waals surface area contributed by atoms with Crippen molar-refractivity contribution in [1.82, 2.24) is 0 Å². The summed E-state index contributed by atoms with van der Waals surface area (Å²) in [6, 6.07) is 0. The molecule has 1 aliphatic heterocycles. The van der Waals surface area contributed by atoms with Gasteiger partial charge in [-0.2, -0.15) is 0 Å². The first-order valence-electron chi connectivity index (χ1n) is 4.63. The standard InChI is InChI=1S/C11H12N2O/c1-7-3-2-4-9-8(5-10(12)14)6-13-11(7)9/h2-4,6-7H,5H2,1H3,(H2,12,14). The van der Waals surface area contributed by atoms with Crippen LogP contribution in [0.4, 0.5) is 0 Å². The Bertz CT molecular complexity index is 400. The van der Waals surface area contributed by atoms with Gasteiger partial charge in [0.25, 0.3) is 0 Å². The van der Waals surface area contributed by atoms with E-state index in [1.54, 1.807) is 6.20 Å². The predicted molar refractivity (Wildman–Crippen MR) is 55.7 cm³/mol. The molecule has 3 heteroatoms. The largest absolute Gasteiger partial charge is 0.369 e. The van der Waals surface area contributed by atoms with Crippen LogP contribution in [0.5, 0.6) is 0 Å². The van der Waals surface area contributed by atoms with E-state index in [2.05, 4.69) is 18.0 Å². The summed E-state index contributed by atoms with van der Waals surface area (Å²) in [6.45, 7) is 2.09. The molecule has 0 bridgehead atoms. The molecule has 1 unspecified atom stereocenters. The Labute approximate surface area is 82.7 Å². The first kappa shape index (κ1) is 8.94. The lowest BCUT2D eigenvalue weighted by molar-refractivity contribution is -0.117. The van der Waals surface area contributed by atoms with E-state index in [1.807, 2.05) is 12.2 Å². The molecule has 14 heavy (non-hydrogen) atoms. The fourth-order valence-electron chi connectivity index (χ4n) is 1.74. The highest BCUT2D eigenvalue weighted by Crippen LogP contribution is 2.28. The molecule has 0 aromatic rings. The number of hydrogen-bond acceptors (Lipinski definition) is 2. The van der Waals surface area contributed by atoms with Crippen molar-refractivity contribution >= 4 is 11.6 Å². The molecule has 0 saturated heterocycles. The summed E-state index contributed by atoms with van der Waals surface area (Å²) in [4.78, 5) is 15.1. The Balaban J connectivity index is 2.25. The van der Waals surface area contributed by atoms with Gasteiger partial charge in [0.15, 0.2) is 0 Å². The second kappa shape index (κ2) is 3.25. The number of nitrogens with zero attached hydrogens (tertiary/aromatic N) is 1. The van der Waals surface area contributed by atoms with E-state index in [-0.39, 0.29) is 12.3 Å². The van der Waals surface area contributed by atoms with E-state index in [1.165, 1.54) is 0 Å². The number of aliphatic imine (C=N–C) groups is 1. The second-order valence-corrected chi connectivity index (χ2v) is 3.57. The third kappa shape index (κ3) is 1.41. The van der Waals surface area contributed by atoms with Crippen LogP contribution in [0.2, 0.25) is 0 Å². The number of amides is 1. The fraction of sp³-hybridized carbons (Fsp3) is 0.273. The highest BCUT2D eigenvalue weighted by molar-refractivity contribution is 6.10. The Morgan fingerprint density at radius 1 is 1.64 bits per heavy atom. The van der Waals surface area contributed by atoms with Gasteiger partial charge >= 0.3 is 0 Å². The number of hydrogen-bond donors (Lipinski definition) is 1. The van der Waals surface area contributed by atoms with Gasteiger partial charge in [0.1, 0.15) is 0 Å². The third-order valence-electron chi connectivity index (χ3n) is 2.44. The van der Waals surface area contributed by atoms with Gasteiger partial charge in [-0.3, -0.25) is 9.79 Å². The SMILES string of the molecule is CC1C=CC=C2C(CC(N)=O)=CN=C21. The van der Waals surface area contributed by atoms with Crippen molar-refractivity contribution in [1.29, 1.82) is 0 Å². The molecular formula is C11H12N2O. The van der Waals surface area contributed by atoms with Crippen molar-refractivity contribution in [3.05, 3.63) is 35.6 Å². The van der Waals surface area contributed by atoms with Gasteiger partial charge in [0.05, 0.1) is 12.1 Å². The third-order valence-corrected chi connectivity index (χ3v) is 2.44. The highest BCUT2D eigenvalue weighted by atomic mass is 16.1. The lowest BCUT2D eigenvalue weighted by Gasteiger charge is -2.14. The molecule has 0 saturated carbocycles. The highest BCUT2D eigenvalue weighted by Gasteiger charge is 2.23. The monoisotopic (exact) mass is 188 g/mol. The Morgan fingerprint density at radius 3 is 3.14 bits per heavy atom. The molecule has 2 rings (SSSR count). The van der Waals surface area contributed by atoms with Crippen LogP contribution in [0.3, 0.4) is 0 Å². The zero-order valence-electron chi connectivity index (χ0n) is 8.03.